The Hall–Kier alpha value is -0.770. The summed E-state index contributed by atoms with van der Waals surface area (Å²) in [6.45, 7) is 4.93. The van der Waals surface area contributed by atoms with Gasteiger partial charge in [0.15, 0.2) is 0 Å². The quantitative estimate of drug-likeness (QED) is 0.601. The number of benzene rings is 1. The molecule has 0 aliphatic carbocycles. The van der Waals surface area contributed by atoms with Crippen LogP contribution < -0.4 is 10.5 Å². The zero-order valence-corrected chi connectivity index (χ0v) is 14.8. The van der Waals surface area contributed by atoms with Gasteiger partial charge in [-0.25, -0.2) is 0 Å². The summed E-state index contributed by atoms with van der Waals surface area (Å²) in [4.78, 5) is 0. The molecule has 1 aromatic rings. The molecule has 1 unspecified atom stereocenters. The molecule has 3 nitrogen and oxygen atoms in total. The normalized spacial score (nSPS) is 13.3. The van der Waals surface area contributed by atoms with Crippen LogP contribution in [0.4, 0.5) is 0 Å². The molecule has 1 aromatic carbocycles. The van der Waals surface area contributed by atoms with E-state index in [-0.39, 0.29) is 19.0 Å². The summed E-state index contributed by atoms with van der Waals surface area (Å²) in [5.41, 5.74) is 6.67. The lowest BCUT2D eigenvalue weighted by Crippen LogP contribution is -2.40. The van der Waals surface area contributed by atoms with Crippen molar-refractivity contribution in [2.75, 3.05) is 13.2 Å². The molecule has 0 heterocycles. The first-order chi connectivity index (χ1) is 10.1. The second-order valence-electron chi connectivity index (χ2n) is 6.22. The van der Waals surface area contributed by atoms with Gasteiger partial charge in [-0.15, -0.1) is 12.4 Å². The van der Waals surface area contributed by atoms with Crippen LogP contribution in [0, 0.1) is 0 Å². The Kier molecular flexibility index (Phi) is 11.3. The summed E-state index contributed by atoms with van der Waals surface area (Å²) < 4.78 is 5.74. The molecule has 3 N–H and O–H groups in total. The predicted molar refractivity (Wildman–Crippen MR) is 95.9 cm³/mol. The highest BCUT2D eigenvalue weighted by Gasteiger charge is 2.16. The van der Waals surface area contributed by atoms with E-state index in [1.165, 1.54) is 31.2 Å². The number of nitrogens with two attached hydrogens (primary N) is 1. The Morgan fingerprint density at radius 3 is 2.32 bits per heavy atom. The standard InChI is InChI=1S/C18H31NO2.ClH/c1-3-4-5-6-7-14-21-17-10-8-16(9-11-17)12-13-18(2,19)15-20;/h8-11,20H,3-7,12-15,19H2,1-2H3;1H. The first-order valence-electron chi connectivity index (χ1n) is 8.19. The molecule has 0 aromatic heterocycles. The molecule has 4 heteroatoms. The van der Waals surface area contributed by atoms with Crippen LogP contribution in [0.2, 0.25) is 0 Å². The molecule has 0 aliphatic heterocycles. The Bertz CT molecular complexity index is 379. The summed E-state index contributed by atoms with van der Waals surface area (Å²) in [6, 6.07) is 8.21. The number of aliphatic hydroxyl groups excluding tert-OH is 1. The zero-order chi connectivity index (χ0) is 15.6. The molecule has 0 aliphatic rings. The van der Waals surface area contributed by atoms with E-state index in [1.807, 2.05) is 19.1 Å². The SMILES string of the molecule is CCCCCCCOc1ccc(CCC(C)(N)CO)cc1.Cl. The van der Waals surface area contributed by atoms with Crippen LogP contribution in [-0.2, 0) is 6.42 Å². The van der Waals surface area contributed by atoms with Gasteiger partial charge in [0.05, 0.1) is 13.2 Å². The van der Waals surface area contributed by atoms with E-state index >= 15 is 0 Å². The average molecular weight is 330 g/mol. The highest BCUT2D eigenvalue weighted by atomic mass is 35.5. The van der Waals surface area contributed by atoms with Crippen molar-refractivity contribution >= 4 is 12.4 Å². The lowest BCUT2D eigenvalue weighted by Gasteiger charge is -2.21. The van der Waals surface area contributed by atoms with E-state index in [1.54, 1.807) is 0 Å². The lowest BCUT2D eigenvalue weighted by atomic mass is 9.95. The van der Waals surface area contributed by atoms with Crippen LogP contribution in [0.25, 0.3) is 0 Å². The largest absolute Gasteiger partial charge is 0.494 e. The average Bonchev–Trinajstić information content (AvgIpc) is 2.50. The van der Waals surface area contributed by atoms with E-state index in [4.69, 9.17) is 15.6 Å². The molecule has 0 saturated heterocycles. The number of rotatable bonds is 11. The maximum Gasteiger partial charge on any atom is 0.119 e. The summed E-state index contributed by atoms with van der Waals surface area (Å²) in [5, 5.41) is 9.15. The molecular weight excluding hydrogens is 298 g/mol. The van der Waals surface area contributed by atoms with Crippen molar-refractivity contribution in [2.24, 2.45) is 5.73 Å². The molecular formula is C18H32ClNO2. The number of unbranched alkanes of at least 4 members (excludes halogenated alkanes) is 4. The van der Waals surface area contributed by atoms with Crippen LogP contribution >= 0.6 is 12.4 Å². The Morgan fingerprint density at radius 2 is 1.73 bits per heavy atom. The van der Waals surface area contributed by atoms with Crippen LogP contribution in [0.1, 0.15) is 57.9 Å². The summed E-state index contributed by atoms with van der Waals surface area (Å²) >= 11 is 0. The van der Waals surface area contributed by atoms with Crippen molar-refractivity contribution in [3.8, 4) is 5.75 Å². The van der Waals surface area contributed by atoms with Crippen molar-refractivity contribution in [3.63, 3.8) is 0 Å². The van der Waals surface area contributed by atoms with Gasteiger partial charge in [-0.05, 0) is 43.9 Å². The Morgan fingerprint density at radius 1 is 1.09 bits per heavy atom. The number of aryl methyl sites for hydroxylation is 1. The van der Waals surface area contributed by atoms with Crippen LogP contribution in [0.3, 0.4) is 0 Å². The molecule has 22 heavy (non-hydrogen) atoms. The van der Waals surface area contributed by atoms with Crippen LogP contribution in [0.15, 0.2) is 24.3 Å². The van der Waals surface area contributed by atoms with Crippen molar-refractivity contribution < 1.29 is 9.84 Å². The van der Waals surface area contributed by atoms with Gasteiger partial charge in [0.25, 0.3) is 0 Å². The minimum atomic E-state index is -0.492. The molecule has 0 bridgehead atoms. The summed E-state index contributed by atoms with van der Waals surface area (Å²) in [7, 11) is 0. The van der Waals surface area contributed by atoms with Gasteiger partial charge in [-0.1, -0.05) is 44.7 Å². The van der Waals surface area contributed by atoms with Gasteiger partial charge in [0, 0.05) is 5.54 Å². The third-order valence-corrected chi connectivity index (χ3v) is 3.79. The fraction of sp³-hybridized carbons (Fsp3) is 0.667. The lowest BCUT2D eigenvalue weighted by molar-refractivity contribution is 0.200. The number of halogens is 1. The van der Waals surface area contributed by atoms with E-state index < -0.39 is 5.54 Å². The first-order valence-corrected chi connectivity index (χ1v) is 8.19. The van der Waals surface area contributed by atoms with Gasteiger partial charge in [0.2, 0.25) is 0 Å². The number of ether oxygens (including phenoxy) is 1. The number of hydrogen-bond donors (Lipinski definition) is 2. The highest BCUT2D eigenvalue weighted by molar-refractivity contribution is 5.85. The number of aliphatic hydroxyl groups is 1. The molecule has 0 radical (unpaired) electrons. The van der Waals surface area contributed by atoms with Gasteiger partial charge in [0.1, 0.15) is 5.75 Å². The Balaban J connectivity index is 0.00000441. The molecule has 0 fully saturated rings. The van der Waals surface area contributed by atoms with Crippen LogP contribution in [-0.4, -0.2) is 23.9 Å². The fourth-order valence-corrected chi connectivity index (χ4v) is 2.16. The third-order valence-electron chi connectivity index (χ3n) is 3.79. The monoisotopic (exact) mass is 329 g/mol. The van der Waals surface area contributed by atoms with Crippen molar-refractivity contribution in [1.82, 2.24) is 0 Å². The molecule has 0 spiro atoms. The van der Waals surface area contributed by atoms with Crippen LogP contribution in [0.5, 0.6) is 5.75 Å². The smallest absolute Gasteiger partial charge is 0.119 e. The minimum absolute atomic E-state index is 0. The van der Waals surface area contributed by atoms with E-state index in [0.717, 1.165) is 31.6 Å². The summed E-state index contributed by atoms with van der Waals surface area (Å²) in [5.74, 6) is 0.937. The third kappa shape index (κ3) is 9.29. The van der Waals surface area contributed by atoms with E-state index in [0.29, 0.717) is 0 Å². The van der Waals surface area contributed by atoms with Gasteiger partial charge in [-0.2, -0.15) is 0 Å². The first kappa shape index (κ1) is 21.2. The molecule has 1 atom stereocenters. The zero-order valence-electron chi connectivity index (χ0n) is 14.0. The summed E-state index contributed by atoms with van der Waals surface area (Å²) in [6.07, 6.45) is 7.95. The Labute approximate surface area is 141 Å². The minimum Gasteiger partial charge on any atom is -0.494 e. The number of hydrogen-bond acceptors (Lipinski definition) is 3. The molecule has 0 saturated carbocycles. The van der Waals surface area contributed by atoms with Gasteiger partial charge < -0.3 is 15.6 Å². The topological polar surface area (TPSA) is 55.5 Å². The van der Waals surface area contributed by atoms with Gasteiger partial charge >= 0.3 is 0 Å². The predicted octanol–water partition coefficient (Wildman–Crippen LogP) is 4.10. The van der Waals surface area contributed by atoms with Crippen molar-refractivity contribution in [3.05, 3.63) is 29.8 Å². The highest BCUT2D eigenvalue weighted by Crippen LogP contribution is 2.16. The van der Waals surface area contributed by atoms with E-state index in [9.17, 15) is 0 Å². The van der Waals surface area contributed by atoms with E-state index in [2.05, 4.69) is 19.1 Å². The van der Waals surface area contributed by atoms with Crippen molar-refractivity contribution in [2.45, 2.75) is 64.3 Å². The maximum absolute atomic E-state index is 9.15. The molecule has 128 valence electrons. The van der Waals surface area contributed by atoms with Gasteiger partial charge in [-0.3, -0.25) is 0 Å². The van der Waals surface area contributed by atoms with Crippen molar-refractivity contribution in [1.29, 1.82) is 0 Å². The fourth-order valence-electron chi connectivity index (χ4n) is 2.16. The molecule has 0 amide bonds. The second kappa shape index (κ2) is 11.8. The molecule has 1 rings (SSSR count). The second-order valence-corrected chi connectivity index (χ2v) is 6.22. The maximum atomic E-state index is 9.15.